The molecule has 0 fully saturated rings. The van der Waals surface area contributed by atoms with Crippen molar-refractivity contribution in [1.82, 2.24) is 0 Å². The fourth-order valence-corrected chi connectivity index (χ4v) is 2.14. The van der Waals surface area contributed by atoms with Crippen LogP contribution in [-0.2, 0) is 0 Å². The molecule has 2 rings (SSSR count). The molecule has 0 amide bonds. The summed E-state index contributed by atoms with van der Waals surface area (Å²) < 4.78 is 19.2. The van der Waals surface area contributed by atoms with Crippen molar-refractivity contribution >= 4 is 27.8 Å². The monoisotopic (exact) mass is 350 g/mol. The van der Waals surface area contributed by atoms with Crippen LogP contribution in [-0.4, -0.2) is 12.8 Å². The van der Waals surface area contributed by atoms with Gasteiger partial charge in [-0.2, -0.15) is 5.10 Å². The molecule has 0 aliphatic carbocycles. The van der Waals surface area contributed by atoms with Crippen molar-refractivity contribution in [1.29, 1.82) is 0 Å². The number of hydrogen-bond acceptors (Lipinski definition) is 3. The van der Waals surface area contributed by atoms with Gasteiger partial charge in [0, 0.05) is 0 Å². The Kier molecular flexibility index (Phi) is 5.75. The van der Waals surface area contributed by atoms with Crippen molar-refractivity contribution in [3.8, 4) is 5.75 Å². The maximum absolute atomic E-state index is 12.8. The molecule has 0 unspecified atom stereocenters. The molecule has 2 aromatic carbocycles. The highest BCUT2D eigenvalue weighted by Gasteiger charge is 2.01. The Morgan fingerprint density at radius 2 is 2.00 bits per heavy atom. The predicted molar refractivity (Wildman–Crippen MR) is 87.5 cm³/mol. The second-order valence-electron chi connectivity index (χ2n) is 4.42. The van der Waals surface area contributed by atoms with Crippen LogP contribution in [0.5, 0.6) is 5.75 Å². The molecule has 1 N–H and O–H groups in total. The van der Waals surface area contributed by atoms with E-state index in [1.807, 2.05) is 18.2 Å². The lowest BCUT2D eigenvalue weighted by atomic mass is 10.2. The van der Waals surface area contributed by atoms with Gasteiger partial charge in [-0.3, -0.25) is 5.43 Å². The summed E-state index contributed by atoms with van der Waals surface area (Å²) in [6.07, 6.45) is 2.66. The molecule has 0 saturated heterocycles. The lowest BCUT2D eigenvalue weighted by Gasteiger charge is -2.07. The Bertz CT molecular complexity index is 614. The summed E-state index contributed by atoms with van der Waals surface area (Å²) in [5, 5.41) is 4.12. The zero-order chi connectivity index (χ0) is 15.1. The van der Waals surface area contributed by atoms with Gasteiger partial charge in [-0.05, 0) is 70.4 Å². The summed E-state index contributed by atoms with van der Waals surface area (Å²) in [5.74, 6) is 0.552. The molecular weight excluding hydrogens is 335 g/mol. The van der Waals surface area contributed by atoms with Crippen molar-refractivity contribution in [3.05, 3.63) is 58.3 Å². The second-order valence-corrected chi connectivity index (χ2v) is 5.27. The molecule has 0 heterocycles. The van der Waals surface area contributed by atoms with Gasteiger partial charge in [-0.25, -0.2) is 4.39 Å². The Labute approximate surface area is 132 Å². The van der Waals surface area contributed by atoms with E-state index in [4.69, 9.17) is 4.74 Å². The highest BCUT2D eigenvalue weighted by atomic mass is 79.9. The van der Waals surface area contributed by atoms with Gasteiger partial charge in [0.25, 0.3) is 0 Å². The molecule has 0 aromatic heterocycles. The van der Waals surface area contributed by atoms with E-state index in [1.165, 1.54) is 12.1 Å². The highest BCUT2D eigenvalue weighted by molar-refractivity contribution is 9.10. The average molecular weight is 351 g/mol. The third-order valence-electron chi connectivity index (χ3n) is 2.67. The van der Waals surface area contributed by atoms with Crippen LogP contribution in [0.25, 0.3) is 0 Å². The smallest absolute Gasteiger partial charge is 0.133 e. The molecule has 0 bridgehead atoms. The van der Waals surface area contributed by atoms with Gasteiger partial charge in [-0.15, -0.1) is 0 Å². The zero-order valence-electron chi connectivity index (χ0n) is 11.6. The summed E-state index contributed by atoms with van der Waals surface area (Å²) in [7, 11) is 0. The van der Waals surface area contributed by atoms with Crippen molar-refractivity contribution < 1.29 is 9.13 Å². The maximum Gasteiger partial charge on any atom is 0.133 e. The Balaban J connectivity index is 1.97. The molecule has 0 spiro atoms. The van der Waals surface area contributed by atoms with E-state index >= 15 is 0 Å². The minimum Gasteiger partial charge on any atom is -0.492 e. The van der Waals surface area contributed by atoms with Crippen LogP contribution >= 0.6 is 15.9 Å². The van der Waals surface area contributed by atoms with E-state index in [9.17, 15) is 4.39 Å². The summed E-state index contributed by atoms with van der Waals surface area (Å²) >= 11 is 3.47. The summed E-state index contributed by atoms with van der Waals surface area (Å²) in [6, 6.07) is 11.8. The van der Waals surface area contributed by atoms with E-state index in [1.54, 1.807) is 18.3 Å². The number of hydrazone groups is 1. The normalized spacial score (nSPS) is 10.8. The third kappa shape index (κ3) is 4.86. The zero-order valence-corrected chi connectivity index (χ0v) is 13.2. The third-order valence-corrected chi connectivity index (χ3v) is 3.29. The Morgan fingerprint density at radius 1 is 1.24 bits per heavy atom. The number of ether oxygens (including phenoxy) is 1. The lowest BCUT2D eigenvalue weighted by molar-refractivity contribution is 0.315. The van der Waals surface area contributed by atoms with E-state index in [0.29, 0.717) is 6.61 Å². The fourth-order valence-electron chi connectivity index (χ4n) is 1.63. The Hall–Kier alpha value is -1.88. The molecule has 3 nitrogen and oxygen atoms in total. The topological polar surface area (TPSA) is 33.6 Å². The van der Waals surface area contributed by atoms with Crippen LogP contribution in [0.15, 0.2) is 52.0 Å². The van der Waals surface area contributed by atoms with Crippen LogP contribution in [0.2, 0.25) is 0 Å². The number of anilines is 1. The van der Waals surface area contributed by atoms with Gasteiger partial charge in [0.05, 0.1) is 23.0 Å². The van der Waals surface area contributed by atoms with Gasteiger partial charge in [-0.1, -0.05) is 6.92 Å². The van der Waals surface area contributed by atoms with Gasteiger partial charge in [0.15, 0.2) is 0 Å². The van der Waals surface area contributed by atoms with Crippen molar-refractivity contribution in [2.45, 2.75) is 13.3 Å². The van der Waals surface area contributed by atoms with Gasteiger partial charge < -0.3 is 4.74 Å². The minimum atomic E-state index is -0.267. The molecule has 2 aromatic rings. The summed E-state index contributed by atoms with van der Waals surface area (Å²) in [4.78, 5) is 0. The first kappa shape index (κ1) is 15.5. The van der Waals surface area contributed by atoms with Gasteiger partial charge in [0.1, 0.15) is 11.6 Å². The molecule has 0 saturated carbocycles. The summed E-state index contributed by atoms with van der Waals surface area (Å²) in [5.41, 5.74) is 4.51. The largest absolute Gasteiger partial charge is 0.492 e. The first-order chi connectivity index (χ1) is 10.2. The van der Waals surface area contributed by atoms with Gasteiger partial charge >= 0.3 is 0 Å². The quantitative estimate of drug-likeness (QED) is 0.598. The van der Waals surface area contributed by atoms with Crippen LogP contribution in [0, 0.1) is 5.82 Å². The average Bonchev–Trinajstić information content (AvgIpc) is 2.48. The Morgan fingerprint density at radius 3 is 2.67 bits per heavy atom. The highest BCUT2D eigenvalue weighted by Crippen LogP contribution is 2.25. The van der Waals surface area contributed by atoms with Crippen LogP contribution < -0.4 is 10.2 Å². The SMILES string of the molecule is CCCOc1ccc(/C=N/Nc2ccc(F)cc2)cc1Br. The molecule has 110 valence electrons. The molecular formula is C16H16BrFN2O. The van der Waals surface area contributed by atoms with Crippen molar-refractivity contribution in [2.24, 2.45) is 5.10 Å². The minimum absolute atomic E-state index is 0.267. The van der Waals surface area contributed by atoms with E-state index in [0.717, 1.165) is 27.9 Å². The number of benzene rings is 2. The van der Waals surface area contributed by atoms with E-state index < -0.39 is 0 Å². The first-order valence-corrected chi connectivity index (χ1v) is 7.45. The second kappa shape index (κ2) is 7.78. The fraction of sp³-hybridized carbons (Fsp3) is 0.188. The van der Waals surface area contributed by atoms with Crippen molar-refractivity contribution in [2.75, 3.05) is 12.0 Å². The molecule has 0 radical (unpaired) electrons. The number of hydrogen-bond donors (Lipinski definition) is 1. The number of nitrogens with zero attached hydrogens (tertiary/aromatic N) is 1. The molecule has 0 aliphatic rings. The van der Waals surface area contributed by atoms with Crippen LogP contribution in [0.3, 0.4) is 0 Å². The lowest BCUT2D eigenvalue weighted by Crippen LogP contribution is -1.96. The maximum atomic E-state index is 12.8. The number of nitrogens with one attached hydrogen (secondary N) is 1. The predicted octanol–water partition coefficient (Wildman–Crippen LogP) is 4.82. The summed E-state index contributed by atoms with van der Waals surface area (Å²) in [6.45, 7) is 2.76. The van der Waals surface area contributed by atoms with E-state index in [2.05, 4.69) is 33.4 Å². The van der Waals surface area contributed by atoms with Crippen LogP contribution in [0.4, 0.5) is 10.1 Å². The van der Waals surface area contributed by atoms with Crippen molar-refractivity contribution in [3.63, 3.8) is 0 Å². The first-order valence-electron chi connectivity index (χ1n) is 6.66. The van der Waals surface area contributed by atoms with Gasteiger partial charge in [0.2, 0.25) is 0 Å². The van der Waals surface area contributed by atoms with E-state index in [-0.39, 0.29) is 5.82 Å². The molecule has 0 aliphatic heterocycles. The molecule has 5 heteroatoms. The molecule has 21 heavy (non-hydrogen) atoms. The number of rotatable bonds is 6. The van der Waals surface area contributed by atoms with Crippen LogP contribution in [0.1, 0.15) is 18.9 Å². The number of halogens is 2. The molecule has 0 atom stereocenters. The standard InChI is InChI=1S/C16H16BrFN2O/c1-2-9-21-16-8-3-12(10-15(16)17)11-19-20-14-6-4-13(18)5-7-14/h3-8,10-11,20H,2,9H2,1H3/b19-11+.